The van der Waals surface area contributed by atoms with Gasteiger partial charge in [0.25, 0.3) is 11.5 Å². The molecule has 0 spiro atoms. The zero-order chi connectivity index (χ0) is 16.1. The molecule has 1 N–H and O–H groups in total. The molecule has 1 amide bonds. The van der Waals surface area contributed by atoms with E-state index in [4.69, 9.17) is 0 Å². The summed E-state index contributed by atoms with van der Waals surface area (Å²) in [6.07, 6.45) is 2.46. The van der Waals surface area contributed by atoms with E-state index >= 15 is 0 Å². The summed E-state index contributed by atoms with van der Waals surface area (Å²) in [6, 6.07) is 6.45. The van der Waals surface area contributed by atoms with Crippen LogP contribution in [0.15, 0.2) is 35.3 Å². The Bertz CT molecular complexity index is 1080. The molecule has 0 fully saturated rings. The zero-order valence-electron chi connectivity index (χ0n) is 11.8. The zero-order valence-corrected chi connectivity index (χ0v) is 12.6. The lowest BCUT2D eigenvalue weighted by atomic mass is 10.3. The molecule has 0 aromatic carbocycles. The third kappa shape index (κ3) is 2.25. The molecule has 9 heteroatoms. The van der Waals surface area contributed by atoms with Crippen LogP contribution < -0.4 is 10.3 Å². The van der Waals surface area contributed by atoms with Gasteiger partial charge in [0.2, 0.25) is 10.0 Å². The van der Waals surface area contributed by atoms with Crippen molar-refractivity contribution in [2.75, 3.05) is 6.26 Å². The van der Waals surface area contributed by atoms with Gasteiger partial charge in [0.15, 0.2) is 0 Å². The Morgan fingerprint density at radius 1 is 1.32 bits per heavy atom. The number of fused-ring (bicyclic) bond motifs is 2. The van der Waals surface area contributed by atoms with Crippen molar-refractivity contribution in [2.24, 2.45) is 7.05 Å². The first-order chi connectivity index (χ1) is 10.3. The highest BCUT2D eigenvalue weighted by molar-refractivity contribution is 7.89. The Morgan fingerprint density at radius 3 is 2.73 bits per heavy atom. The van der Waals surface area contributed by atoms with Gasteiger partial charge in [0.1, 0.15) is 17.0 Å². The number of carbonyl (C=O) groups excluding carboxylic acids is 1. The molecule has 3 aromatic rings. The third-order valence-corrected chi connectivity index (χ3v) is 3.78. The Hall–Kier alpha value is -2.68. The molecule has 0 aliphatic heterocycles. The normalized spacial score (nSPS) is 11.9. The molecule has 0 atom stereocenters. The standard InChI is InChI=1S/C13H12N4O4S/c1-16-9(12(18)15-22(2,20)21)7-8-11(16)14-10-5-3-4-6-17(10)13(8)19/h3-7H,1-2H3,(H,15,18). The highest BCUT2D eigenvalue weighted by Crippen LogP contribution is 2.14. The largest absolute Gasteiger partial charge is 0.324 e. The first-order valence-corrected chi connectivity index (χ1v) is 8.16. The van der Waals surface area contributed by atoms with Crippen LogP contribution >= 0.6 is 0 Å². The van der Waals surface area contributed by atoms with Gasteiger partial charge in [-0.25, -0.2) is 18.1 Å². The van der Waals surface area contributed by atoms with Gasteiger partial charge in [-0.1, -0.05) is 6.07 Å². The van der Waals surface area contributed by atoms with Gasteiger partial charge in [0.05, 0.1) is 11.6 Å². The number of aromatic nitrogens is 3. The van der Waals surface area contributed by atoms with Crippen LogP contribution in [0.5, 0.6) is 0 Å². The molecular weight excluding hydrogens is 308 g/mol. The summed E-state index contributed by atoms with van der Waals surface area (Å²) >= 11 is 0. The minimum absolute atomic E-state index is 0.0425. The van der Waals surface area contributed by atoms with Crippen LogP contribution in [0.4, 0.5) is 0 Å². The molecule has 0 aliphatic carbocycles. The van der Waals surface area contributed by atoms with Crippen LogP contribution in [0, 0.1) is 0 Å². The average molecular weight is 320 g/mol. The summed E-state index contributed by atoms with van der Waals surface area (Å²) < 4.78 is 27.0. The predicted molar refractivity (Wildman–Crippen MR) is 80.2 cm³/mol. The number of rotatable bonds is 2. The van der Waals surface area contributed by atoms with Crippen molar-refractivity contribution in [3.8, 4) is 0 Å². The van der Waals surface area contributed by atoms with E-state index in [-0.39, 0.29) is 16.6 Å². The maximum absolute atomic E-state index is 12.4. The van der Waals surface area contributed by atoms with E-state index in [1.165, 1.54) is 15.0 Å². The van der Waals surface area contributed by atoms with Crippen molar-refractivity contribution >= 4 is 32.6 Å². The van der Waals surface area contributed by atoms with Gasteiger partial charge in [-0.15, -0.1) is 0 Å². The summed E-state index contributed by atoms with van der Waals surface area (Å²) in [5.74, 6) is -0.809. The van der Waals surface area contributed by atoms with Crippen LogP contribution in [-0.2, 0) is 17.1 Å². The first kappa shape index (κ1) is 14.3. The van der Waals surface area contributed by atoms with Crippen LogP contribution in [0.25, 0.3) is 16.7 Å². The van der Waals surface area contributed by atoms with Crippen LogP contribution in [0.1, 0.15) is 10.5 Å². The summed E-state index contributed by atoms with van der Waals surface area (Å²) in [6.45, 7) is 0. The Balaban J connectivity index is 2.29. The van der Waals surface area contributed by atoms with Crippen molar-refractivity contribution in [3.05, 3.63) is 46.5 Å². The Kier molecular flexibility index (Phi) is 3.03. The molecule has 22 heavy (non-hydrogen) atoms. The second-order valence-corrected chi connectivity index (χ2v) is 6.62. The number of aryl methyl sites for hydroxylation is 1. The summed E-state index contributed by atoms with van der Waals surface area (Å²) in [5.41, 5.74) is 0.474. The van der Waals surface area contributed by atoms with Gasteiger partial charge < -0.3 is 4.57 Å². The van der Waals surface area contributed by atoms with Crippen LogP contribution in [0.2, 0.25) is 0 Å². The second kappa shape index (κ2) is 4.67. The maximum atomic E-state index is 12.4. The predicted octanol–water partition coefficient (Wildman–Crippen LogP) is -0.124. The lowest BCUT2D eigenvalue weighted by molar-refractivity contribution is 0.0974. The molecule has 8 nitrogen and oxygen atoms in total. The molecule has 3 aromatic heterocycles. The van der Waals surface area contributed by atoms with E-state index in [2.05, 4.69) is 4.98 Å². The SMILES string of the molecule is Cn1c(C(=O)NS(C)(=O)=O)cc2c(=O)n3ccccc3nc21. The summed E-state index contributed by atoms with van der Waals surface area (Å²) in [5, 5.41) is 0.241. The number of pyridine rings is 1. The molecule has 0 aliphatic rings. The van der Waals surface area contributed by atoms with Crippen molar-refractivity contribution in [1.29, 1.82) is 0 Å². The Morgan fingerprint density at radius 2 is 2.05 bits per heavy atom. The first-order valence-electron chi connectivity index (χ1n) is 6.27. The molecule has 0 saturated heterocycles. The van der Waals surface area contributed by atoms with Crippen molar-refractivity contribution in [1.82, 2.24) is 18.7 Å². The molecule has 3 heterocycles. The maximum Gasteiger partial charge on any atom is 0.281 e. The molecule has 0 saturated carbocycles. The number of hydrogen-bond acceptors (Lipinski definition) is 5. The second-order valence-electron chi connectivity index (χ2n) is 4.88. The number of nitrogens with zero attached hydrogens (tertiary/aromatic N) is 3. The number of sulfonamides is 1. The van der Waals surface area contributed by atoms with Crippen molar-refractivity contribution in [2.45, 2.75) is 0 Å². The van der Waals surface area contributed by atoms with E-state index in [0.717, 1.165) is 6.26 Å². The smallest absolute Gasteiger partial charge is 0.281 e. The number of carbonyl (C=O) groups is 1. The fraction of sp³-hybridized carbons (Fsp3) is 0.154. The van der Waals surface area contributed by atoms with Crippen molar-refractivity contribution < 1.29 is 13.2 Å². The van der Waals surface area contributed by atoms with E-state index in [9.17, 15) is 18.0 Å². The number of amides is 1. The number of nitrogens with one attached hydrogen (secondary N) is 1. The fourth-order valence-corrected chi connectivity index (χ4v) is 2.70. The van der Waals surface area contributed by atoms with Gasteiger partial charge >= 0.3 is 0 Å². The molecule has 114 valence electrons. The van der Waals surface area contributed by atoms with E-state index in [0.29, 0.717) is 11.3 Å². The molecule has 0 bridgehead atoms. The van der Waals surface area contributed by atoms with E-state index in [1.54, 1.807) is 31.4 Å². The van der Waals surface area contributed by atoms with Gasteiger partial charge in [-0.05, 0) is 18.2 Å². The van der Waals surface area contributed by atoms with Gasteiger partial charge in [-0.2, -0.15) is 0 Å². The quantitative estimate of drug-likeness (QED) is 0.709. The molecule has 0 unspecified atom stereocenters. The van der Waals surface area contributed by atoms with Crippen LogP contribution in [0.3, 0.4) is 0 Å². The molecule has 3 rings (SSSR count). The average Bonchev–Trinajstić information content (AvgIpc) is 2.75. The van der Waals surface area contributed by atoms with Crippen LogP contribution in [-0.4, -0.2) is 34.5 Å². The minimum Gasteiger partial charge on any atom is -0.324 e. The topological polar surface area (TPSA) is 103 Å². The fourth-order valence-electron chi connectivity index (χ4n) is 2.26. The minimum atomic E-state index is -3.69. The van der Waals surface area contributed by atoms with E-state index < -0.39 is 15.9 Å². The summed E-state index contributed by atoms with van der Waals surface area (Å²) in [4.78, 5) is 28.8. The number of hydrogen-bond donors (Lipinski definition) is 1. The third-order valence-electron chi connectivity index (χ3n) is 3.22. The van der Waals surface area contributed by atoms with Crippen molar-refractivity contribution in [3.63, 3.8) is 0 Å². The molecular formula is C13H12N4O4S. The monoisotopic (exact) mass is 320 g/mol. The van der Waals surface area contributed by atoms with Gasteiger partial charge in [0, 0.05) is 13.2 Å². The van der Waals surface area contributed by atoms with Gasteiger partial charge in [-0.3, -0.25) is 14.0 Å². The van der Waals surface area contributed by atoms with E-state index in [1.807, 2.05) is 4.72 Å². The lowest BCUT2D eigenvalue weighted by Gasteiger charge is -2.04. The highest BCUT2D eigenvalue weighted by atomic mass is 32.2. The molecule has 0 radical (unpaired) electrons. The lowest BCUT2D eigenvalue weighted by Crippen LogP contribution is -2.30. The Labute approximate surface area is 125 Å². The highest BCUT2D eigenvalue weighted by Gasteiger charge is 2.19. The summed E-state index contributed by atoms with van der Waals surface area (Å²) in [7, 11) is -2.14.